The number of furan rings is 1. The summed E-state index contributed by atoms with van der Waals surface area (Å²) in [5.41, 5.74) is 6.52. The minimum atomic E-state index is -0.472. The van der Waals surface area contributed by atoms with Gasteiger partial charge in [0, 0.05) is 12.6 Å². The molecule has 0 aliphatic carbocycles. The van der Waals surface area contributed by atoms with Gasteiger partial charge >= 0.3 is 5.97 Å². The van der Waals surface area contributed by atoms with E-state index in [2.05, 4.69) is 39.6 Å². The quantitative estimate of drug-likeness (QED) is 0.377. The Morgan fingerprint density at radius 1 is 1.08 bits per heavy atom. The van der Waals surface area contributed by atoms with Gasteiger partial charge in [0.15, 0.2) is 5.76 Å². The van der Waals surface area contributed by atoms with Crippen LogP contribution in [-0.4, -0.2) is 40.5 Å². The summed E-state index contributed by atoms with van der Waals surface area (Å²) >= 11 is 0. The van der Waals surface area contributed by atoms with Crippen LogP contribution >= 0.6 is 0 Å². The first kappa shape index (κ1) is 26.5. The van der Waals surface area contributed by atoms with Gasteiger partial charge in [0.2, 0.25) is 0 Å². The molecule has 0 fully saturated rings. The molecule has 0 saturated heterocycles. The molecule has 0 bridgehead atoms. The molecule has 0 saturated carbocycles. The van der Waals surface area contributed by atoms with Gasteiger partial charge in [0.1, 0.15) is 23.7 Å². The summed E-state index contributed by atoms with van der Waals surface area (Å²) < 4.78 is 17.5. The fraction of sp³-hybridized carbons (Fsp3) is 0.433. The number of aromatic nitrogens is 1. The number of fused-ring (bicyclic) bond motifs is 1. The second-order valence-electron chi connectivity index (χ2n) is 10.3. The van der Waals surface area contributed by atoms with Crippen molar-refractivity contribution in [1.29, 1.82) is 0 Å². The summed E-state index contributed by atoms with van der Waals surface area (Å²) in [6.45, 7) is 12.6. The molecule has 0 unspecified atom stereocenters. The van der Waals surface area contributed by atoms with Gasteiger partial charge in [-0.3, -0.25) is 14.6 Å². The fourth-order valence-electron chi connectivity index (χ4n) is 4.88. The molecule has 1 aromatic carbocycles. The van der Waals surface area contributed by atoms with E-state index in [1.165, 1.54) is 27.2 Å². The van der Waals surface area contributed by atoms with Crippen molar-refractivity contribution in [2.45, 2.75) is 73.0 Å². The van der Waals surface area contributed by atoms with Crippen LogP contribution < -0.4 is 4.74 Å². The average molecular weight is 505 g/mol. The van der Waals surface area contributed by atoms with E-state index in [0.717, 1.165) is 24.2 Å². The number of esters is 1. The van der Waals surface area contributed by atoms with Crippen LogP contribution in [-0.2, 0) is 28.9 Å². The smallest absolute Gasteiger partial charge is 0.325 e. The molecule has 1 amide bonds. The first-order valence-corrected chi connectivity index (χ1v) is 12.8. The van der Waals surface area contributed by atoms with Crippen molar-refractivity contribution in [3.8, 4) is 5.75 Å². The van der Waals surface area contributed by atoms with Crippen molar-refractivity contribution in [3.05, 3.63) is 81.6 Å². The van der Waals surface area contributed by atoms with Gasteiger partial charge in [-0.15, -0.1) is 0 Å². The highest BCUT2D eigenvalue weighted by Gasteiger charge is 2.31. The molecular weight excluding hydrogens is 468 g/mol. The van der Waals surface area contributed by atoms with E-state index in [9.17, 15) is 9.59 Å². The lowest BCUT2D eigenvalue weighted by Crippen LogP contribution is -2.36. The van der Waals surface area contributed by atoms with E-state index in [1.54, 1.807) is 25.3 Å². The molecule has 1 aliphatic heterocycles. The number of hydrogen-bond acceptors (Lipinski definition) is 6. The van der Waals surface area contributed by atoms with Gasteiger partial charge in [0.25, 0.3) is 5.91 Å². The Kier molecular flexibility index (Phi) is 7.71. The van der Waals surface area contributed by atoms with Gasteiger partial charge in [-0.05, 0) is 106 Å². The lowest BCUT2D eigenvalue weighted by molar-refractivity contribution is -0.144. The minimum Gasteiger partial charge on any atom is -0.487 e. The summed E-state index contributed by atoms with van der Waals surface area (Å²) in [5.74, 6) is 1.04. The molecule has 3 heterocycles. The van der Waals surface area contributed by atoms with Gasteiger partial charge in [-0.1, -0.05) is 6.07 Å². The zero-order valence-electron chi connectivity index (χ0n) is 22.6. The van der Waals surface area contributed by atoms with E-state index in [-0.39, 0.29) is 37.0 Å². The number of carbonyl (C=O) groups excluding carboxylic acids is 2. The normalized spacial score (nSPS) is 14.0. The zero-order chi connectivity index (χ0) is 26.7. The molecule has 1 aliphatic rings. The molecular formula is C30H36N2O5. The van der Waals surface area contributed by atoms with Crippen LogP contribution in [0.2, 0.25) is 0 Å². The number of benzene rings is 1. The summed E-state index contributed by atoms with van der Waals surface area (Å²) in [5, 5.41) is 0. The number of ether oxygens (including phenoxy) is 2. The van der Waals surface area contributed by atoms with E-state index >= 15 is 0 Å². The van der Waals surface area contributed by atoms with Crippen molar-refractivity contribution in [1.82, 2.24) is 9.88 Å². The Bertz CT molecular complexity index is 1290. The fourth-order valence-corrected chi connectivity index (χ4v) is 4.88. The van der Waals surface area contributed by atoms with Crippen LogP contribution in [0.25, 0.3) is 0 Å². The predicted molar refractivity (Wildman–Crippen MR) is 141 cm³/mol. The van der Waals surface area contributed by atoms with E-state index < -0.39 is 5.97 Å². The molecule has 0 radical (unpaired) electrons. The summed E-state index contributed by atoms with van der Waals surface area (Å²) in [6.07, 6.45) is 4.17. The molecule has 4 rings (SSSR count). The molecule has 7 nitrogen and oxygen atoms in total. The number of pyridine rings is 1. The van der Waals surface area contributed by atoms with Crippen molar-refractivity contribution in [3.63, 3.8) is 0 Å². The maximum Gasteiger partial charge on any atom is 0.325 e. The van der Waals surface area contributed by atoms with Gasteiger partial charge < -0.3 is 18.8 Å². The number of rotatable bonds is 8. The van der Waals surface area contributed by atoms with Gasteiger partial charge in [0.05, 0.1) is 18.8 Å². The Hall–Kier alpha value is -3.61. The van der Waals surface area contributed by atoms with E-state index in [4.69, 9.17) is 13.9 Å². The average Bonchev–Trinajstić information content (AvgIpc) is 3.33. The van der Waals surface area contributed by atoms with Crippen molar-refractivity contribution >= 4 is 11.9 Å². The molecule has 37 heavy (non-hydrogen) atoms. The standard InChI is InChI=1S/C30H36N2O5/c1-7-35-27(33)18-32(17-22-10-8-9-15-31-22)29(34)26-12-11-23(36-26)16-25-19(2)20(3)28-24(21(25)4)13-14-30(5,6)37-28/h8-12,15H,7,13-14,16-18H2,1-6H3. The van der Waals surface area contributed by atoms with Crippen molar-refractivity contribution < 1.29 is 23.5 Å². The lowest BCUT2D eigenvalue weighted by atomic mass is 9.84. The Balaban J connectivity index is 1.58. The third kappa shape index (κ3) is 5.87. The third-order valence-electron chi connectivity index (χ3n) is 7.11. The van der Waals surface area contributed by atoms with Crippen molar-refractivity contribution in [2.75, 3.05) is 13.2 Å². The first-order valence-electron chi connectivity index (χ1n) is 12.8. The zero-order valence-corrected chi connectivity index (χ0v) is 22.6. The highest BCUT2D eigenvalue weighted by atomic mass is 16.5. The molecule has 2 aromatic heterocycles. The molecule has 3 aromatic rings. The summed E-state index contributed by atoms with van der Waals surface area (Å²) in [7, 11) is 0. The third-order valence-corrected chi connectivity index (χ3v) is 7.11. The molecule has 0 spiro atoms. The Morgan fingerprint density at radius 3 is 2.57 bits per heavy atom. The number of carbonyl (C=O) groups is 2. The van der Waals surface area contributed by atoms with Crippen LogP contribution in [0.4, 0.5) is 0 Å². The molecule has 0 N–H and O–H groups in total. The lowest BCUT2D eigenvalue weighted by Gasteiger charge is -2.35. The number of amides is 1. The Morgan fingerprint density at radius 2 is 1.86 bits per heavy atom. The topological polar surface area (TPSA) is 81.9 Å². The van der Waals surface area contributed by atoms with Crippen LogP contribution in [0.5, 0.6) is 5.75 Å². The van der Waals surface area contributed by atoms with Gasteiger partial charge in [-0.2, -0.15) is 0 Å². The molecule has 7 heteroatoms. The first-order chi connectivity index (χ1) is 17.6. The monoisotopic (exact) mass is 504 g/mol. The van der Waals surface area contributed by atoms with Crippen LogP contribution in [0.3, 0.4) is 0 Å². The van der Waals surface area contributed by atoms with E-state index in [1.807, 2.05) is 18.2 Å². The van der Waals surface area contributed by atoms with Crippen molar-refractivity contribution in [2.24, 2.45) is 0 Å². The highest BCUT2D eigenvalue weighted by molar-refractivity contribution is 5.93. The SMILES string of the molecule is CCOC(=O)CN(Cc1ccccn1)C(=O)c1ccc(Cc2c(C)c(C)c3c(c2C)CCC(C)(C)O3)o1. The summed E-state index contributed by atoms with van der Waals surface area (Å²) in [6, 6.07) is 8.98. The summed E-state index contributed by atoms with van der Waals surface area (Å²) in [4.78, 5) is 31.3. The predicted octanol–water partition coefficient (Wildman–Crippen LogP) is 5.50. The minimum absolute atomic E-state index is 0.168. The highest BCUT2D eigenvalue weighted by Crippen LogP contribution is 2.41. The van der Waals surface area contributed by atoms with Gasteiger partial charge in [-0.25, -0.2) is 0 Å². The largest absolute Gasteiger partial charge is 0.487 e. The second kappa shape index (κ2) is 10.8. The van der Waals surface area contributed by atoms with E-state index in [0.29, 0.717) is 17.9 Å². The maximum absolute atomic E-state index is 13.4. The number of nitrogens with zero attached hydrogens (tertiary/aromatic N) is 2. The van der Waals surface area contributed by atoms with Crippen LogP contribution in [0.15, 0.2) is 40.9 Å². The van der Waals surface area contributed by atoms with Crippen LogP contribution in [0.1, 0.15) is 77.0 Å². The Labute approximate surface area is 218 Å². The molecule has 0 atom stereocenters. The van der Waals surface area contributed by atoms with Crippen LogP contribution in [0, 0.1) is 20.8 Å². The second-order valence-corrected chi connectivity index (χ2v) is 10.3. The maximum atomic E-state index is 13.4. The molecule has 196 valence electrons. The number of hydrogen-bond donors (Lipinski definition) is 0.